The van der Waals surface area contributed by atoms with Crippen molar-refractivity contribution in [2.24, 2.45) is 5.41 Å². The van der Waals surface area contributed by atoms with Crippen LogP contribution in [0.15, 0.2) is 6.20 Å². The number of nitro groups is 1. The van der Waals surface area contributed by atoms with Gasteiger partial charge in [-0.1, -0.05) is 13.8 Å². The number of nitrogen functional groups attached to an aromatic ring is 1. The minimum Gasteiger partial charge on any atom is -0.392 e. The minimum absolute atomic E-state index is 0.0271. The number of hydrogen-bond acceptors (Lipinski definition) is 7. The van der Waals surface area contributed by atoms with Crippen LogP contribution in [0.2, 0.25) is 0 Å². The second-order valence-electron chi connectivity index (χ2n) is 4.99. The fourth-order valence-electron chi connectivity index (χ4n) is 1.94. The molecule has 2 unspecified atom stereocenters. The molecule has 1 aromatic rings. The molecule has 8 heteroatoms. The molecule has 0 bridgehead atoms. The van der Waals surface area contributed by atoms with E-state index in [1.807, 2.05) is 13.8 Å². The van der Waals surface area contributed by atoms with Crippen molar-refractivity contribution in [1.29, 1.82) is 0 Å². The van der Waals surface area contributed by atoms with Crippen molar-refractivity contribution in [3.8, 4) is 0 Å². The molecule has 2 rings (SSSR count). The lowest BCUT2D eigenvalue weighted by atomic mass is 9.64. The van der Waals surface area contributed by atoms with Crippen LogP contribution >= 0.6 is 0 Å². The van der Waals surface area contributed by atoms with Crippen LogP contribution in [0.4, 0.5) is 17.5 Å². The van der Waals surface area contributed by atoms with Gasteiger partial charge in [0.1, 0.15) is 6.20 Å². The lowest BCUT2D eigenvalue weighted by Crippen LogP contribution is -2.57. The van der Waals surface area contributed by atoms with Gasteiger partial charge in [0.25, 0.3) is 0 Å². The molecule has 0 saturated heterocycles. The maximum absolute atomic E-state index is 10.8. The van der Waals surface area contributed by atoms with Crippen LogP contribution in [0.3, 0.4) is 0 Å². The Bertz CT molecular complexity index is 490. The first kappa shape index (κ1) is 12.5. The van der Waals surface area contributed by atoms with E-state index in [9.17, 15) is 15.2 Å². The maximum atomic E-state index is 10.8. The van der Waals surface area contributed by atoms with Crippen LogP contribution in [0.1, 0.15) is 20.3 Å². The Morgan fingerprint density at radius 3 is 2.83 bits per heavy atom. The number of nitrogens with two attached hydrogens (primary N) is 1. The number of aliphatic hydroxyl groups excluding tert-OH is 1. The Morgan fingerprint density at radius 1 is 1.67 bits per heavy atom. The summed E-state index contributed by atoms with van der Waals surface area (Å²) >= 11 is 0. The maximum Gasteiger partial charge on any atom is 0.329 e. The quantitative estimate of drug-likeness (QED) is 0.529. The largest absolute Gasteiger partial charge is 0.392 e. The van der Waals surface area contributed by atoms with Gasteiger partial charge in [0.05, 0.1) is 11.0 Å². The lowest BCUT2D eigenvalue weighted by Gasteiger charge is -2.49. The van der Waals surface area contributed by atoms with Gasteiger partial charge < -0.3 is 16.2 Å². The van der Waals surface area contributed by atoms with Gasteiger partial charge in [-0.25, -0.2) is 4.98 Å². The molecular weight excluding hydrogens is 238 g/mol. The van der Waals surface area contributed by atoms with E-state index < -0.39 is 11.0 Å². The molecule has 4 N–H and O–H groups in total. The first-order valence-electron chi connectivity index (χ1n) is 5.54. The van der Waals surface area contributed by atoms with Crippen molar-refractivity contribution in [2.75, 3.05) is 11.1 Å². The highest BCUT2D eigenvalue weighted by molar-refractivity contribution is 5.57. The predicted octanol–water partition coefficient (Wildman–Crippen LogP) is 0.538. The second-order valence-corrected chi connectivity index (χ2v) is 4.99. The summed E-state index contributed by atoms with van der Waals surface area (Å²) < 4.78 is 0. The molecule has 0 aliphatic heterocycles. The Balaban J connectivity index is 2.24. The van der Waals surface area contributed by atoms with Crippen LogP contribution in [0, 0.1) is 15.5 Å². The van der Waals surface area contributed by atoms with Crippen LogP contribution in [0.25, 0.3) is 0 Å². The smallest absolute Gasteiger partial charge is 0.329 e. The predicted molar refractivity (Wildman–Crippen MR) is 64.9 cm³/mol. The number of rotatable bonds is 3. The third kappa shape index (κ3) is 1.94. The topological polar surface area (TPSA) is 127 Å². The third-order valence-electron chi connectivity index (χ3n) is 3.51. The van der Waals surface area contributed by atoms with Gasteiger partial charge in [0, 0.05) is 11.5 Å². The Morgan fingerprint density at radius 2 is 2.33 bits per heavy atom. The van der Waals surface area contributed by atoms with Crippen molar-refractivity contribution in [2.45, 2.75) is 32.4 Å². The van der Waals surface area contributed by atoms with Crippen molar-refractivity contribution >= 4 is 17.5 Å². The fraction of sp³-hybridized carbons (Fsp3) is 0.600. The third-order valence-corrected chi connectivity index (χ3v) is 3.51. The molecular formula is C10H15N5O3. The van der Waals surface area contributed by atoms with E-state index in [0.717, 1.165) is 6.20 Å². The number of nitrogens with one attached hydrogen (secondary N) is 1. The van der Waals surface area contributed by atoms with Crippen LogP contribution in [-0.4, -0.2) is 32.1 Å². The molecule has 1 aliphatic carbocycles. The standard InChI is InChI=1S/C10H15N5O3/c1-10(2)6(3-7(10)16)13-8-5(15(17)18)4-12-9(11)14-8/h4,6-7,16H,3H2,1-2H3,(H3,11,12,13,14). The lowest BCUT2D eigenvalue weighted by molar-refractivity contribution is -0.384. The molecule has 2 atom stereocenters. The molecule has 18 heavy (non-hydrogen) atoms. The van der Waals surface area contributed by atoms with Crippen molar-refractivity contribution in [1.82, 2.24) is 9.97 Å². The van der Waals surface area contributed by atoms with Crippen LogP contribution in [0.5, 0.6) is 0 Å². The summed E-state index contributed by atoms with van der Waals surface area (Å²) in [5.41, 5.74) is 4.85. The number of hydrogen-bond donors (Lipinski definition) is 3. The average molecular weight is 253 g/mol. The van der Waals surface area contributed by atoms with Gasteiger partial charge in [-0.2, -0.15) is 4.98 Å². The summed E-state index contributed by atoms with van der Waals surface area (Å²) in [6.07, 6.45) is 1.18. The summed E-state index contributed by atoms with van der Waals surface area (Å²) in [6.45, 7) is 3.77. The molecule has 1 fully saturated rings. The van der Waals surface area contributed by atoms with E-state index in [1.165, 1.54) is 0 Å². The van der Waals surface area contributed by atoms with E-state index in [2.05, 4.69) is 15.3 Å². The zero-order valence-corrected chi connectivity index (χ0v) is 10.1. The zero-order valence-electron chi connectivity index (χ0n) is 10.1. The molecule has 8 nitrogen and oxygen atoms in total. The molecule has 1 heterocycles. The normalized spacial score (nSPS) is 25.3. The van der Waals surface area contributed by atoms with Gasteiger partial charge in [-0.15, -0.1) is 0 Å². The highest BCUT2D eigenvalue weighted by Crippen LogP contribution is 2.42. The second kappa shape index (κ2) is 4.05. The Kier molecular flexibility index (Phi) is 2.81. The molecule has 0 aromatic carbocycles. The van der Waals surface area contributed by atoms with E-state index in [-0.39, 0.29) is 28.9 Å². The monoisotopic (exact) mass is 253 g/mol. The highest BCUT2D eigenvalue weighted by Gasteiger charge is 2.48. The zero-order chi connectivity index (χ0) is 13.5. The molecule has 1 aliphatic rings. The van der Waals surface area contributed by atoms with Crippen LogP contribution < -0.4 is 11.1 Å². The first-order chi connectivity index (χ1) is 8.32. The highest BCUT2D eigenvalue weighted by atomic mass is 16.6. The average Bonchev–Trinajstić information content (AvgIpc) is 2.28. The van der Waals surface area contributed by atoms with Gasteiger partial charge in [-0.3, -0.25) is 10.1 Å². The Labute approximate surface area is 103 Å². The molecule has 98 valence electrons. The molecule has 1 saturated carbocycles. The summed E-state index contributed by atoms with van der Waals surface area (Å²) in [5.74, 6) is 0.0678. The summed E-state index contributed by atoms with van der Waals surface area (Å²) in [5, 5.41) is 23.4. The SMILES string of the molecule is CC1(C)C(O)CC1Nc1nc(N)ncc1[N+](=O)[O-]. The van der Waals surface area contributed by atoms with Gasteiger partial charge >= 0.3 is 5.69 Å². The fourth-order valence-corrected chi connectivity index (χ4v) is 1.94. The first-order valence-corrected chi connectivity index (χ1v) is 5.54. The van der Waals surface area contributed by atoms with E-state index >= 15 is 0 Å². The summed E-state index contributed by atoms with van der Waals surface area (Å²) in [6, 6.07) is -0.0829. The van der Waals surface area contributed by atoms with Crippen LogP contribution in [-0.2, 0) is 0 Å². The minimum atomic E-state index is -0.566. The number of aromatic nitrogens is 2. The molecule has 0 amide bonds. The van der Waals surface area contributed by atoms with E-state index in [0.29, 0.717) is 6.42 Å². The summed E-state index contributed by atoms with van der Waals surface area (Å²) in [4.78, 5) is 17.7. The van der Waals surface area contributed by atoms with Gasteiger partial charge in [-0.05, 0) is 6.42 Å². The van der Waals surface area contributed by atoms with E-state index in [1.54, 1.807) is 0 Å². The number of aliphatic hydroxyl groups is 1. The number of nitrogens with zero attached hydrogens (tertiary/aromatic N) is 3. The van der Waals surface area contributed by atoms with Crippen molar-refractivity contribution in [3.05, 3.63) is 16.3 Å². The molecule has 0 radical (unpaired) electrons. The summed E-state index contributed by atoms with van der Waals surface area (Å²) in [7, 11) is 0. The molecule has 1 aromatic heterocycles. The van der Waals surface area contributed by atoms with E-state index in [4.69, 9.17) is 5.73 Å². The number of anilines is 2. The molecule has 0 spiro atoms. The van der Waals surface area contributed by atoms with Gasteiger partial charge in [0.15, 0.2) is 0 Å². The Hall–Kier alpha value is -1.96. The van der Waals surface area contributed by atoms with Crippen molar-refractivity contribution in [3.63, 3.8) is 0 Å². The van der Waals surface area contributed by atoms with Gasteiger partial charge in [0.2, 0.25) is 11.8 Å². The van der Waals surface area contributed by atoms with Crippen molar-refractivity contribution < 1.29 is 10.0 Å².